The molecule has 112 valence electrons. The number of methoxy groups -OCH3 is 2. The third-order valence-corrected chi connectivity index (χ3v) is 3.34. The molecule has 0 aliphatic carbocycles. The molecule has 0 fully saturated rings. The third kappa shape index (κ3) is 3.89. The minimum Gasteiger partial charge on any atom is -0.493 e. The molecule has 4 nitrogen and oxygen atoms in total. The van der Waals surface area contributed by atoms with E-state index in [4.69, 9.17) is 14.6 Å². The van der Waals surface area contributed by atoms with Gasteiger partial charge in [-0.1, -0.05) is 26.8 Å². The van der Waals surface area contributed by atoms with E-state index in [-0.39, 0.29) is 18.3 Å². The summed E-state index contributed by atoms with van der Waals surface area (Å²) in [5.74, 6) is 1.08. The van der Waals surface area contributed by atoms with Gasteiger partial charge in [0.25, 0.3) is 0 Å². The lowest BCUT2D eigenvalue weighted by Gasteiger charge is -2.21. The molecule has 0 radical (unpaired) electrons. The van der Waals surface area contributed by atoms with Crippen molar-refractivity contribution in [2.75, 3.05) is 14.2 Å². The normalized spacial score (nSPS) is 12.3. The Kier molecular flexibility index (Phi) is 5.86. The van der Waals surface area contributed by atoms with Crippen LogP contribution in [0, 0.1) is 5.92 Å². The number of hydrogen-bond donors (Lipinski definition) is 1. The molecule has 0 heterocycles. The Balaban J connectivity index is 3.16. The number of hydrogen-bond acceptors (Lipinski definition) is 3. The smallest absolute Gasteiger partial charge is 0.303 e. The van der Waals surface area contributed by atoms with Gasteiger partial charge in [-0.25, -0.2) is 0 Å². The second-order valence-corrected chi connectivity index (χ2v) is 5.44. The number of benzene rings is 1. The number of rotatable bonds is 7. The fourth-order valence-corrected chi connectivity index (χ4v) is 2.55. The standard InChI is InChI=1S/C16H24O4/c1-10(2)15-12(8-11(3)9-14(17)18)6-7-13(19-4)16(15)20-5/h6-7,10-11H,8-9H2,1-5H3,(H,17,18). The van der Waals surface area contributed by atoms with Gasteiger partial charge in [-0.05, 0) is 29.9 Å². The molecule has 4 heteroatoms. The van der Waals surface area contributed by atoms with E-state index in [1.165, 1.54) is 0 Å². The van der Waals surface area contributed by atoms with Crippen LogP contribution < -0.4 is 9.47 Å². The summed E-state index contributed by atoms with van der Waals surface area (Å²) >= 11 is 0. The molecule has 1 aromatic rings. The van der Waals surface area contributed by atoms with Crippen molar-refractivity contribution in [3.8, 4) is 11.5 Å². The van der Waals surface area contributed by atoms with E-state index in [9.17, 15) is 4.79 Å². The van der Waals surface area contributed by atoms with Crippen LogP contribution in [0.25, 0.3) is 0 Å². The van der Waals surface area contributed by atoms with E-state index >= 15 is 0 Å². The molecule has 1 aromatic carbocycles. The Morgan fingerprint density at radius 3 is 2.30 bits per heavy atom. The zero-order valence-corrected chi connectivity index (χ0v) is 12.9. The van der Waals surface area contributed by atoms with Crippen molar-refractivity contribution in [2.24, 2.45) is 5.92 Å². The first-order chi connectivity index (χ1) is 9.40. The predicted molar refractivity (Wildman–Crippen MR) is 78.8 cm³/mol. The van der Waals surface area contributed by atoms with Crippen molar-refractivity contribution in [1.82, 2.24) is 0 Å². The second kappa shape index (κ2) is 7.17. The molecule has 0 saturated heterocycles. The average Bonchev–Trinajstić information content (AvgIpc) is 2.36. The van der Waals surface area contributed by atoms with Gasteiger partial charge in [0.2, 0.25) is 0 Å². The highest BCUT2D eigenvalue weighted by Gasteiger charge is 2.19. The van der Waals surface area contributed by atoms with E-state index in [1.54, 1.807) is 14.2 Å². The Bertz CT molecular complexity index is 466. The Labute approximate surface area is 120 Å². The maximum absolute atomic E-state index is 10.8. The molecule has 0 amide bonds. The summed E-state index contributed by atoms with van der Waals surface area (Å²) in [6.07, 6.45) is 0.895. The van der Waals surface area contributed by atoms with Crippen molar-refractivity contribution < 1.29 is 19.4 Å². The number of carboxylic acid groups (broad SMARTS) is 1. The maximum atomic E-state index is 10.8. The molecule has 0 aromatic heterocycles. The Morgan fingerprint density at radius 2 is 1.85 bits per heavy atom. The summed E-state index contributed by atoms with van der Waals surface area (Å²) in [5, 5.41) is 8.88. The van der Waals surface area contributed by atoms with Crippen LogP contribution in [0.5, 0.6) is 11.5 Å². The van der Waals surface area contributed by atoms with E-state index in [0.717, 1.165) is 23.3 Å². The quantitative estimate of drug-likeness (QED) is 0.830. The summed E-state index contributed by atoms with van der Waals surface area (Å²) in [7, 11) is 3.25. The highest BCUT2D eigenvalue weighted by atomic mass is 16.5. The molecule has 0 spiro atoms. The van der Waals surface area contributed by atoms with Gasteiger partial charge in [0.1, 0.15) is 0 Å². The zero-order valence-electron chi connectivity index (χ0n) is 12.9. The first-order valence-electron chi connectivity index (χ1n) is 6.86. The third-order valence-electron chi connectivity index (χ3n) is 3.34. The minimum atomic E-state index is -0.760. The summed E-state index contributed by atoms with van der Waals surface area (Å²) in [6, 6.07) is 3.89. The van der Waals surface area contributed by atoms with E-state index in [2.05, 4.69) is 13.8 Å². The molecule has 0 aliphatic heterocycles. The molecule has 1 atom stereocenters. The lowest BCUT2D eigenvalue weighted by atomic mass is 9.89. The molecule has 20 heavy (non-hydrogen) atoms. The van der Waals surface area contributed by atoms with E-state index in [1.807, 2.05) is 19.1 Å². The average molecular weight is 280 g/mol. The van der Waals surface area contributed by atoms with Gasteiger partial charge in [-0.15, -0.1) is 0 Å². The predicted octanol–water partition coefficient (Wildman–Crippen LogP) is 3.48. The highest BCUT2D eigenvalue weighted by Crippen LogP contribution is 2.38. The van der Waals surface area contributed by atoms with Crippen LogP contribution in [-0.2, 0) is 11.2 Å². The van der Waals surface area contributed by atoms with E-state index < -0.39 is 5.97 Å². The van der Waals surface area contributed by atoms with E-state index in [0.29, 0.717) is 5.75 Å². The molecule has 0 saturated carbocycles. The molecule has 0 bridgehead atoms. The lowest BCUT2D eigenvalue weighted by Crippen LogP contribution is -2.10. The van der Waals surface area contributed by atoms with Gasteiger partial charge in [0.15, 0.2) is 11.5 Å². The van der Waals surface area contributed by atoms with Crippen molar-refractivity contribution in [3.63, 3.8) is 0 Å². The molecule has 1 N–H and O–H groups in total. The van der Waals surface area contributed by atoms with Gasteiger partial charge in [0, 0.05) is 12.0 Å². The fourth-order valence-electron chi connectivity index (χ4n) is 2.55. The van der Waals surface area contributed by atoms with Crippen LogP contribution in [0.4, 0.5) is 0 Å². The van der Waals surface area contributed by atoms with Gasteiger partial charge < -0.3 is 14.6 Å². The summed E-state index contributed by atoms with van der Waals surface area (Å²) in [5.41, 5.74) is 2.23. The lowest BCUT2D eigenvalue weighted by molar-refractivity contribution is -0.137. The first kappa shape index (κ1) is 16.3. The van der Waals surface area contributed by atoms with Gasteiger partial charge in [-0.3, -0.25) is 4.79 Å². The summed E-state index contributed by atoms with van der Waals surface area (Å²) in [6.45, 7) is 6.15. The molecule has 1 rings (SSSR count). The molecular formula is C16H24O4. The van der Waals surface area contributed by atoms with Crippen LogP contribution in [-0.4, -0.2) is 25.3 Å². The van der Waals surface area contributed by atoms with Gasteiger partial charge in [-0.2, -0.15) is 0 Å². The van der Waals surface area contributed by atoms with Crippen molar-refractivity contribution in [1.29, 1.82) is 0 Å². The van der Waals surface area contributed by atoms with Crippen LogP contribution in [0.1, 0.15) is 44.2 Å². The molecule has 1 unspecified atom stereocenters. The second-order valence-electron chi connectivity index (χ2n) is 5.44. The SMILES string of the molecule is COc1ccc(CC(C)CC(=O)O)c(C(C)C)c1OC. The summed E-state index contributed by atoms with van der Waals surface area (Å²) in [4.78, 5) is 10.8. The fraction of sp³-hybridized carbons (Fsp3) is 0.562. The van der Waals surface area contributed by atoms with Crippen LogP contribution >= 0.6 is 0 Å². The molecule has 0 aliphatic rings. The highest BCUT2D eigenvalue weighted by molar-refractivity contribution is 5.67. The topological polar surface area (TPSA) is 55.8 Å². The Hall–Kier alpha value is -1.71. The maximum Gasteiger partial charge on any atom is 0.303 e. The number of ether oxygens (including phenoxy) is 2. The van der Waals surface area contributed by atoms with Crippen LogP contribution in [0.15, 0.2) is 12.1 Å². The first-order valence-corrected chi connectivity index (χ1v) is 6.86. The van der Waals surface area contributed by atoms with Crippen molar-refractivity contribution in [2.45, 2.75) is 39.5 Å². The van der Waals surface area contributed by atoms with Gasteiger partial charge >= 0.3 is 5.97 Å². The minimum absolute atomic E-state index is 0.0862. The monoisotopic (exact) mass is 280 g/mol. The van der Waals surface area contributed by atoms with Crippen LogP contribution in [0.2, 0.25) is 0 Å². The van der Waals surface area contributed by atoms with Gasteiger partial charge in [0.05, 0.1) is 14.2 Å². The number of aliphatic carboxylic acids is 1. The number of carboxylic acids is 1. The van der Waals surface area contributed by atoms with Crippen molar-refractivity contribution in [3.05, 3.63) is 23.3 Å². The largest absolute Gasteiger partial charge is 0.493 e. The summed E-state index contributed by atoms with van der Waals surface area (Å²) < 4.78 is 10.8. The van der Waals surface area contributed by atoms with Crippen LogP contribution in [0.3, 0.4) is 0 Å². The number of carbonyl (C=O) groups is 1. The Morgan fingerprint density at radius 1 is 1.20 bits per heavy atom. The zero-order chi connectivity index (χ0) is 15.3. The van der Waals surface area contributed by atoms with Crippen molar-refractivity contribution >= 4 is 5.97 Å². The molecular weight excluding hydrogens is 256 g/mol.